The molecule has 0 spiro atoms. The van der Waals surface area contributed by atoms with Gasteiger partial charge in [0.05, 0.1) is 47.7 Å². The van der Waals surface area contributed by atoms with Crippen LogP contribution in [0.5, 0.6) is 0 Å². The Balaban J connectivity index is 1.32. The fourth-order valence-corrected chi connectivity index (χ4v) is 6.19. The smallest absolute Gasteiger partial charge is 0.285 e. The number of halogens is 1. The van der Waals surface area contributed by atoms with Gasteiger partial charge < -0.3 is 10.2 Å². The number of hydrogen-bond donors (Lipinski definition) is 2. The first kappa shape index (κ1) is 30.3. The Morgan fingerprint density at radius 3 is 2.56 bits per heavy atom. The van der Waals surface area contributed by atoms with Crippen LogP contribution >= 0.6 is 11.6 Å². The Hall–Kier alpha value is -4.75. The predicted octanol–water partition coefficient (Wildman–Crippen LogP) is 3.92. The molecule has 3 aromatic heterocycles. The Morgan fingerprint density at radius 2 is 1.84 bits per heavy atom. The van der Waals surface area contributed by atoms with Gasteiger partial charge in [0.15, 0.2) is 5.69 Å². The zero-order valence-corrected chi connectivity index (χ0v) is 26.6. The van der Waals surface area contributed by atoms with Crippen LogP contribution in [0.2, 0.25) is 5.15 Å². The van der Waals surface area contributed by atoms with Crippen LogP contribution in [0.3, 0.4) is 0 Å². The SMILES string of the molecule is Cc1cc([C@@H](C)Nc2ccc(Cl)nc2C(=O)NS(C)(=O)=O)c2nc(N3Cc4cn(Cc5ccccc5)nc4C3)n(C)c(=O)c2c1. The van der Waals surface area contributed by atoms with Crippen LogP contribution in [0, 0.1) is 6.92 Å². The van der Waals surface area contributed by atoms with Crippen molar-refractivity contribution in [2.24, 2.45) is 7.05 Å². The minimum atomic E-state index is -3.84. The van der Waals surface area contributed by atoms with Gasteiger partial charge in [0.25, 0.3) is 11.5 Å². The van der Waals surface area contributed by atoms with Crippen LogP contribution < -0.4 is 20.5 Å². The molecule has 2 N–H and O–H groups in total. The number of amides is 1. The zero-order chi connectivity index (χ0) is 32.0. The molecular weight excluding hydrogens is 616 g/mol. The van der Waals surface area contributed by atoms with E-state index in [1.807, 2.05) is 64.7 Å². The third kappa shape index (κ3) is 6.26. The third-order valence-electron chi connectivity index (χ3n) is 7.62. The summed E-state index contributed by atoms with van der Waals surface area (Å²) in [5, 5.41) is 8.53. The molecule has 2 aromatic carbocycles. The summed E-state index contributed by atoms with van der Waals surface area (Å²) in [5.74, 6) is -0.406. The Kier molecular flexibility index (Phi) is 7.83. The van der Waals surface area contributed by atoms with Gasteiger partial charge in [0.1, 0.15) is 5.15 Å². The molecule has 45 heavy (non-hydrogen) atoms. The monoisotopic (exact) mass is 646 g/mol. The normalized spacial score (nSPS) is 13.6. The molecule has 0 bridgehead atoms. The van der Waals surface area contributed by atoms with E-state index in [9.17, 15) is 18.0 Å². The van der Waals surface area contributed by atoms with E-state index in [1.165, 1.54) is 6.07 Å². The molecule has 0 aliphatic carbocycles. The molecule has 0 fully saturated rings. The average Bonchev–Trinajstić information content (AvgIpc) is 3.54. The van der Waals surface area contributed by atoms with E-state index in [0.29, 0.717) is 36.5 Å². The van der Waals surface area contributed by atoms with Crippen molar-refractivity contribution in [3.63, 3.8) is 0 Å². The average molecular weight is 647 g/mol. The first-order chi connectivity index (χ1) is 21.4. The summed E-state index contributed by atoms with van der Waals surface area (Å²) >= 11 is 6.04. The molecule has 0 saturated heterocycles. The summed E-state index contributed by atoms with van der Waals surface area (Å²) in [5.41, 5.74) is 5.17. The fourth-order valence-electron chi connectivity index (χ4n) is 5.61. The number of nitrogens with one attached hydrogen (secondary N) is 2. The van der Waals surface area contributed by atoms with Crippen molar-refractivity contribution >= 4 is 50.1 Å². The number of hydrogen-bond acceptors (Lipinski definition) is 9. The second-order valence-electron chi connectivity index (χ2n) is 11.3. The van der Waals surface area contributed by atoms with Gasteiger partial charge >= 0.3 is 0 Å². The predicted molar refractivity (Wildman–Crippen MR) is 173 cm³/mol. The molecule has 1 aliphatic heterocycles. The topological polar surface area (TPSA) is 144 Å². The standard InChI is InChI=1S/C31H31ClN8O4S/c1-18-12-22(19(2)33-24-10-11-26(32)34-28(24)29(41)37-45(4,43)44)27-23(13-18)30(42)38(3)31(35-27)39-15-21-16-40(36-25(21)17-39)14-20-8-6-5-7-9-20/h5-13,16,19,33H,14-15,17H2,1-4H3,(H,37,41)/t19-/m1/s1. The lowest BCUT2D eigenvalue weighted by Crippen LogP contribution is -2.31. The number of fused-ring (bicyclic) bond motifs is 2. The summed E-state index contributed by atoms with van der Waals surface area (Å²) in [7, 11) is -2.12. The van der Waals surface area contributed by atoms with E-state index in [2.05, 4.69) is 22.4 Å². The lowest BCUT2D eigenvalue weighted by Gasteiger charge is -2.23. The second kappa shape index (κ2) is 11.6. The lowest BCUT2D eigenvalue weighted by atomic mass is 10.0. The van der Waals surface area contributed by atoms with E-state index in [-0.39, 0.29) is 22.1 Å². The quantitative estimate of drug-likeness (QED) is 0.240. The number of nitrogens with zero attached hydrogens (tertiary/aromatic N) is 6. The number of pyridine rings is 1. The van der Waals surface area contributed by atoms with Crippen LogP contribution in [0.15, 0.2) is 65.6 Å². The van der Waals surface area contributed by atoms with Gasteiger partial charge in [-0.15, -0.1) is 0 Å². The maximum atomic E-state index is 13.7. The highest BCUT2D eigenvalue weighted by molar-refractivity contribution is 7.89. The van der Waals surface area contributed by atoms with Gasteiger partial charge in [-0.05, 0) is 43.2 Å². The minimum Gasteiger partial charge on any atom is -0.377 e. The maximum Gasteiger partial charge on any atom is 0.285 e. The van der Waals surface area contributed by atoms with Gasteiger partial charge in [0, 0.05) is 30.9 Å². The first-order valence-corrected chi connectivity index (χ1v) is 16.4. The molecule has 12 nitrogen and oxygen atoms in total. The minimum absolute atomic E-state index is 0.0287. The van der Waals surface area contributed by atoms with Crippen LogP contribution in [-0.4, -0.2) is 44.9 Å². The molecule has 0 saturated carbocycles. The van der Waals surface area contributed by atoms with Gasteiger partial charge in [0.2, 0.25) is 16.0 Å². The van der Waals surface area contributed by atoms with Crippen LogP contribution in [0.1, 0.15) is 51.4 Å². The van der Waals surface area contributed by atoms with Crippen molar-refractivity contribution in [1.82, 2.24) is 29.0 Å². The number of carbonyl (C=O) groups excluding carboxylic acids is 1. The number of benzene rings is 2. The van der Waals surface area contributed by atoms with E-state index in [1.54, 1.807) is 17.7 Å². The highest BCUT2D eigenvalue weighted by atomic mass is 35.5. The zero-order valence-electron chi connectivity index (χ0n) is 25.1. The molecule has 232 valence electrons. The van der Waals surface area contributed by atoms with E-state index < -0.39 is 22.0 Å². The molecule has 0 radical (unpaired) electrons. The highest BCUT2D eigenvalue weighted by Gasteiger charge is 2.27. The second-order valence-corrected chi connectivity index (χ2v) is 13.4. The van der Waals surface area contributed by atoms with Gasteiger partial charge in [-0.25, -0.2) is 23.1 Å². The van der Waals surface area contributed by atoms with Crippen molar-refractivity contribution in [3.05, 3.63) is 110 Å². The van der Waals surface area contributed by atoms with Crippen LogP contribution in [0.4, 0.5) is 11.6 Å². The number of rotatable bonds is 8. The van der Waals surface area contributed by atoms with Crippen LogP contribution in [0.25, 0.3) is 10.9 Å². The molecular formula is C31H31ClN8O4S. The Bertz CT molecular complexity index is 2110. The number of carbonyl (C=O) groups is 1. The lowest BCUT2D eigenvalue weighted by molar-refractivity contribution is 0.0977. The summed E-state index contributed by atoms with van der Waals surface area (Å²) in [4.78, 5) is 37.6. The fraction of sp³-hybridized carbons (Fsp3) is 0.258. The number of aryl methyl sites for hydroxylation is 1. The summed E-state index contributed by atoms with van der Waals surface area (Å²) in [6.07, 6.45) is 2.92. The molecule has 1 amide bonds. The highest BCUT2D eigenvalue weighted by Crippen LogP contribution is 2.31. The van der Waals surface area contributed by atoms with Crippen molar-refractivity contribution in [2.45, 2.75) is 39.5 Å². The third-order valence-corrected chi connectivity index (χ3v) is 8.39. The summed E-state index contributed by atoms with van der Waals surface area (Å²) < 4.78 is 28.9. The van der Waals surface area contributed by atoms with E-state index in [0.717, 1.165) is 34.2 Å². The molecule has 4 heterocycles. The van der Waals surface area contributed by atoms with Crippen LogP contribution in [-0.2, 0) is 36.7 Å². The van der Waals surface area contributed by atoms with Crippen molar-refractivity contribution in [2.75, 3.05) is 16.5 Å². The summed E-state index contributed by atoms with van der Waals surface area (Å²) in [6, 6.07) is 16.5. The first-order valence-electron chi connectivity index (χ1n) is 14.2. The Labute approximate surface area is 264 Å². The maximum absolute atomic E-state index is 13.7. The van der Waals surface area contributed by atoms with Crippen molar-refractivity contribution in [3.8, 4) is 0 Å². The molecule has 0 unspecified atom stereocenters. The van der Waals surface area contributed by atoms with Crippen molar-refractivity contribution in [1.29, 1.82) is 0 Å². The molecule has 1 aliphatic rings. The van der Waals surface area contributed by atoms with Gasteiger partial charge in [-0.1, -0.05) is 48.0 Å². The van der Waals surface area contributed by atoms with E-state index in [4.69, 9.17) is 21.7 Å². The summed E-state index contributed by atoms with van der Waals surface area (Å²) in [6.45, 7) is 5.49. The molecule has 5 aromatic rings. The Morgan fingerprint density at radius 1 is 1.09 bits per heavy atom. The molecule has 1 atom stereocenters. The van der Waals surface area contributed by atoms with Gasteiger partial charge in [-0.2, -0.15) is 5.10 Å². The number of sulfonamides is 1. The van der Waals surface area contributed by atoms with E-state index >= 15 is 0 Å². The molecule has 14 heteroatoms. The largest absolute Gasteiger partial charge is 0.377 e. The molecule has 6 rings (SSSR count). The number of aromatic nitrogens is 5. The van der Waals surface area contributed by atoms with Gasteiger partial charge in [-0.3, -0.25) is 18.8 Å². The number of anilines is 2. The van der Waals surface area contributed by atoms with Crippen molar-refractivity contribution < 1.29 is 13.2 Å².